The van der Waals surface area contributed by atoms with Crippen LogP contribution in [0, 0.1) is 19.8 Å². The fourth-order valence-electron chi connectivity index (χ4n) is 5.67. The smallest absolute Gasteiger partial charge is 0.321 e. The number of aryl methyl sites for hydroxylation is 2. The van der Waals surface area contributed by atoms with E-state index in [-0.39, 0.29) is 61.5 Å². The van der Waals surface area contributed by atoms with Crippen LogP contribution in [0.2, 0.25) is 0 Å². The van der Waals surface area contributed by atoms with Crippen LogP contribution in [0.15, 0.2) is 53.1 Å². The van der Waals surface area contributed by atoms with Crippen molar-refractivity contribution in [1.82, 2.24) is 15.0 Å². The lowest BCUT2D eigenvalue weighted by molar-refractivity contribution is -0.115. The molecule has 1 aliphatic heterocycles. The number of amides is 4. The number of urea groups is 1. The van der Waals surface area contributed by atoms with E-state index in [2.05, 4.69) is 15.8 Å². The second kappa shape index (κ2) is 17.1. The molecule has 260 valence electrons. The zero-order valence-corrected chi connectivity index (χ0v) is 28.8. The molecule has 12 heteroatoms. The van der Waals surface area contributed by atoms with E-state index >= 15 is 0 Å². The van der Waals surface area contributed by atoms with Crippen LogP contribution in [0.25, 0.3) is 0 Å². The van der Waals surface area contributed by atoms with Crippen LogP contribution < -0.4 is 15.4 Å². The van der Waals surface area contributed by atoms with Crippen LogP contribution in [-0.2, 0) is 16.0 Å². The molecule has 0 saturated heterocycles. The fraction of sp³-hybridized carbons (Fsp3) is 0.500. The van der Waals surface area contributed by atoms with Crippen molar-refractivity contribution in [2.45, 2.75) is 78.6 Å². The molecule has 1 aliphatic rings. The van der Waals surface area contributed by atoms with E-state index in [1.54, 1.807) is 55.8 Å². The summed E-state index contributed by atoms with van der Waals surface area (Å²) in [5.41, 5.74) is 2.75. The molecule has 2 heterocycles. The molecule has 0 bridgehead atoms. The largest absolute Gasteiger partial charge is 0.490 e. The van der Waals surface area contributed by atoms with Crippen LogP contribution in [0.1, 0.15) is 67.4 Å². The molecular formula is C36H49N5O7. The van der Waals surface area contributed by atoms with Gasteiger partial charge in [0.1, 0.15) is 17.1 Å². The first-order chi connectivity index (χ1) is 23.0. The van der Waals surface area contributed by atoms with Crippen LogP contribution >= 0.6 is 0 Å². The van der Waals surface area contributed by atoms with E-state index in [4.69, 9.17) is 14.0 Å². The van der Waals surface area contributed by atoms with Gasteiger partial charge in [0.25, 0.3) is 5.91 Å². The van der Waals surface area contributed by atoms with Gasteiger partial charge in [0.05, 0.1) is 36.8 Å². The molecule has 2 aromatic carbocycles. The Morgan fingerprint density at radius 1 is 1.10 bits per heavy atom. The summed E-state index contributed by atoms with van der Waals surface area (Å²) >= 11 is 0. The summed E-state index contributed by atoms with van der Waals surface area (Å²) in [5, 5.41) is 19.9. The molecule has 4 amide bonds. The Kier molecular flexibility index (Phi) is 13.0. The Balaban J connectivity index is 1.58. The summed E-state index contributed by atoms with van der Waals surface area (Å²) in [6, 6.07) is 13.7. The van der Waals surface area contributed by atoms with Gasteiger partial charge in [-0.15, -0.1) is 0 Å². The lowest BCUT2D eigenvalue weighted by atomic mass is 10.0. The van der Waals surface area contributed by atoms with E-state index in [1.807, 2.05) is 44.2 Å². The van der Waals surface area contributed by atoms with Crippen molar-refractivity contribution < 1.29 is 33.5 Å². The lowest BCUT2D eigenvalue weighted by Crippen LogP contribution is -2.48. The average Bonchev–Trinajstić information content (AvgIpc) is 3.38. The van der Waals surface area contributed by atoms with Crippen LogP contribution in [0.4, 0.5) is 16.2 Å². The summed E-state index contributed by atoms with van der Waals surface area (Å²) < 4.78 is 17.8. The molecule has 3 N–H and O–H groups in total. The lowest BCUT2D eigenvalue weighted by Gasteiger charge is -2.35. The number of nitrogens with one attached hydrogen (secondary N) is 2. The first-order valence-electron chi connectivity index (χ1n) is 16.6. The topological polar surface area (TPSA) is 146 Å². The SMILES string of the molecule is Cc1noc(C)c1NC(=O)N(C)C[C@H]1OCCCC[C@H](C)Oc2ccc(NC(=O)Cc3ccccc3)cc2C(=O)N([C@H](C)CO)C[C@@H]1C. The second-order valence-electron chi connectivity index (χ2n) is 12.7. The Labute approximate surface area is 282 Å². The van der Waals surface area contributed by atoms with Crippen LogP contribution in [-0.4, -0.2) is 89.5 Å². The van der Waals surface area contributed by atoms with Gasteiger partial charge in [0, 0.05) is 38.3 Å². The van der Waals surface area contributed by atoms with Gasteiger partial charge in [-0.3, -0.25) is 9.59 Å². The molecule has 1 aromatic heterocycles. The van der Waals surface area contributed by atoms with Crippen molar-refractivity contribution in [3.05, 3.63) is 71.1 Å². The number of fused-ring (bicyclic) bond motifs is 1. The summed E-state index contributed by atoms with van der Waals surface area (Å²) in [7, 11) is 1.69. The predicted octanol–water partition coefficient (Wildman–Crippen LogP) is 5.43. The number of rotatable bonds is 8. The highest BCUT2D eigenvalue weighted by atomic mass is 16.5. The molecule has 3 aromatic rings. The normalized spacial score (nSPS) is 19.8. The molecule has 0 aliphatic carbocycles. The van der Waals surface area contributed by atoms with E-state index in [0.717, 1.165) is 24.8 Å². The number of likely N-dealkylation sites (N-methyl/N-ethyl adjacent to an activating group) is 1. The Hall–Kier alpha value is -4.42. The Morgan fingerprint density at radius 2 is 1.85 bits per heavy atom. The van der Waals surface area contributed by atoms with E-state index in [1.165, 1.54) is 0 Å². The first kappa shape index (κ1) is 36.4. The molecule has 0 fully saturated rings. The van der Waals surface area contributed by atoms with Gasteiger partial charge in [-0.1, -0.05) is 42.4 Å². The number of hydrogen-bond donors (Lipinski definition) is 3. The third kappa shape index (κ3) is 9.80. The number of ether oxygens (including phenoxy) is 2. The Morgan fingerprint density at radius 3 is 2.54 bits per heavy atom. The van der Waals surface area contributed by atoms with Crippen molar-refractivity contribution in [3.63, 3.8) is 0 Å². The molecule has 0 radical (unpaired) electrons. The van der Waals surface area contributed by atoms with Crippen molar-refractivity contribution in [3.8, 4) is 5.75 Å². The monoisotopic (exact) mass is 663 g/mol. The third-order valence-electron chi connectivity index (χ3n) is 8.61. The third-order valence-corrected chi connectivity index (χ3v) is 8.61. The maximum atomic E-state index is 14.4. The maximum Gasteiger partial charge on any atom is 0.321 e. The standard InChI is InChI=1S/C36H49N5O7/c1-23-20-41(24(2)22-42)35(44)30-19-29(37-33(43)18-28-13-8-7-9-14-28)15-16-31(30)47-25(3)12-10-11-17-46-32(23)21-40(6)36(45)38-34-26(4)39-48-27(34)5/h7-9,13-16,19,23-25,32,42H,10-12,17-18,20-22H2,1-6H3,(H,37,43)(H,38,45)/t23-,24+,25-,32+/m0/s1. The molecule has 4 rings (SSSR count). The fourth-order valence-corrected chi connectivity index (χ4v) is 5.67. The number of aliphatic hydroxyl groups excluding tert-OH is 1. The summed E-state index contributed by atoms with van der Waals surface area (Å²) in [6.45, 7) is 9.93. The average molecular weight is 664 g/mol. The van der Waals surface area contributed by atoms with E-state index in [9.17, 15) is 19.5 Å². The number of anilines is 2. The van der Waals surface area contributed by atoms with Gasteiger partial charge in [-0.25, -0.2) is 4.79 Å². The highest BCUT2D eigenvalue weighted by molar-refractivity contribution is 6.00. The van der Waals surface area contributed by atoms with Crippen molar-refractivity contribution in [2.24, 2.45) is 5.92 Å². The van der Waals surface area contributed by atoms with Crippen LogP contribution in [0.3, 0.4) is 0 Å². The number of aliphatic hydroxyl groups is 1. The van der Waals surface area contributed by atoms with Crippen molar-refractivity contribution >= 4 is 29.2 Å². The number of benzene rings is 2. The molecule has 0 saturated carbocycles. The maximum absolute atomic E-state index is 14.4. The zero-order chi connectivity index (χ0) is 34.8. The van der Waals surface area contributed by atoms with E-state index < -0.39 is 12.1 Å². The molecule has 48 heavy (non-hydrogen) atoms. The number of carbonyl (C=O) groups excluding carboxylic acids is 3. The molecule has 4 atom stereocenters. The summed E-state index contributed by atoms with van der Waals surface area (Å²) in [5.74, 6) is 0.154. The van der Waals surface area contributed by atoms with Gasteiger partial charge in [-0.05, 0) is 70.7 Å². The zero-order valence-electron chi connectivity index (χ0n) is 28.8. The molecule has 0 spiro atoms. The van der Waals surface area contributed by atoms with Gasteiger partial charge in [0.15, 0.2) is 5.76 Å². The van der Waals surface area contributed by atoms with Gasteiger partial charge >= 0.3 is 6.03 Å². The minimum atomic E-state index is -0.532. The number of nitrogens with zero attached hydrogens (tertiary/aromatic N) is 3. The highest BCUT2D eigenvalue weighted by Crippen LogP contribution is 2.29. The predicted molar refractivity (Wildman–Crippen MR) is 183 cm³/mol. The van der Waals surface area contributed by atoms with Crippen molar-refractivity contribution in [1.29, 1.82) is 0 Å². The molecule has 0 unspecified atom stereocenters. The van der Waals surface area contributed by atoms with Crippen LogP contribution in [0.5, 0.6) is 5.75 Å². The Bertz CT molecular complexity index is 1510. The minimum absolute atomic E-state index is 0.185. The number of hydrogen-bond acceptors (Lipinski definition) is 8. The van der Waals surface area contributed by atoms with E-state index in [0.29, 0.717) is 35.2 Å². The number of aromatic nitrogens is 1. The molecule has 12 nitrogen and oxygen atoms in total. The highest BCUT2D eigenvalue weighted by Gasteiger charge is 2.31. The second-order valence-corrected chi connectivity index (χ2v) is 12.7. The van der Waals surface area contributed by atoms with Gasteiger partial charge < -0.3 is 39.5 Å². The quantitative estimate of drug-likeness (QED) is 0.289. The minimum Gasteiger partial charge on any atom is -0.490 e. The number of carbonyl (C=O) groups is 3. The first-order valence-corrected chi connectivity index (χ1v) is 16.6. The van der Waals surface area contributed by atoms with Gasteiger partial charge in [-0.2, -0.15) is 0 Å². The van der Waals surface area contributed by atoms with Crippen molar-refractivity contribution in [2.75, 3.05) is 44.0 Å². The molecular weight excluding hydrogens is 614 g/mol. The summed E-state index contributed by atoms with van der Waals surface area (Å²) in [4.78, 5) is 43.6. The summed E-state index contributed by atoms with van der Waals surface area (Å²) in [6.07, 6.45) is 1.97. The van der Waals surface area contributed by atoms with Gasteiger partial charge in [0.2, 0.25) is 5.91 Å².